The fourth-order valence-electron chi connectivity index (χ4n) is 2.90. The Kier molecular flexibility index (Phi) is 5.01. The molecule has 2 N–H and O–H groups in total. The van der Waals surface area contributed by atoms with E-state index in [4.69, 9.17) is 4.74 Å². The molecule has 0 aromatic heterocycles. The van der Waals surface area contributed by atoms with E-state index >= 15 is 0 Å². The van der Waals surface area contributed by atoms with Gasteiger partial charge in [-0.2, -0.15) is 0 Å². The number of aliphatic hydroxyl groups is 1. The molecule has 4 nitrogen and oxygen atoms in total. The van der Waals surface area contributed by atoms with Crippen LogP contribution in [0.5, 0.6) is 0 Å². The fourth-order valence-corrected chi connectivity index (χ4v) is 2.90. The molecule has 1 unspecified atom stereocenters. The van der Waals surface area contributed by atoms with Crippen LogP contribution in [0.15, 0.2) is 0 Å². The van der Waals surface area contributed by atoms with E-state index in [0.29, 0.717) is 6.04 Å². The van der Waals surface area contributed by atoms with Crippen molar-refractivity contribution in [1.29, 1.82) is 0 Å². The maximum Gasteiger partial charge on any atom is 0.0623 e. The predicted octanol–water partition coefficient (Wildman–Crippen LogP) is 0.848. The van der Waals surface area contributed by atoms with Gasteiger partial charge in [0.05, 0.1) is 12.1 Å². The van der Waals surface area contributed by atoms with E-state index < -0.39 is 0 Å². The van der Waals surface area contributed by atoms with E-state index in [1.165, 1.54) is 25.7 Å². The second-order valence-corrected chi connectivity index (χ2v) is 6.31. The lowest BCUT2D eigenvalue weighted by Crippen LogP contribution is -2.56. The van der Waals surface area contributed by atoms with E-state index in [2.05, 4.69) is 17.1 Å². The monoisotopic (exact) mass is 256 g/mol. The molecule has 0 radical (unpaired) electrons. The number of nitrogens with zero attached hydrogens (tertiary/aromatic N) is 1. The third-order valence-corrected chi connectivity index (χ3v) is 4.16. The highest BCUT2D eigenvalue weighted by Crippen LogP contribution is 2.24. The SMILES string of the molecule is COCC1CCN(CC(C)(CO)NC2CC2)CC1. The normalized spacial score (nSPS) is 26.2. The fraction of sp³-hybridized carbons (Fsp3) is 1.00. The lowest BCUT2D eigenvalue weighted by Gasteiger charge is -2.38. The summed E-state index contributed by atoms with van der Waals surface area (Å²) >= 11 is 0. The zero-order chi connectivity index (χ0) is 13.0. The van der Waals surface area contributed by atoms with E-state index in [1.54, 1.807) is 7.11 Å². The number of piperidine rings is 1. The van der Waals surface area contributed by atoms with Gasteiger partial charge in [0.15, 0.2) is 0 Å². The smallest absolute Gasteiger partial charge is 0.0623 e. The highest BCUT2D eigenvalue weighted by atomic mass is 16.5. The van der Waals surface area contributed by atoms with Gasteiger partial charge in [0.25, 0.3) is 0 Å². The van der Waals surface area contributed by atoms with Gasteiger partial charge >= 0.3 is 0 Å². The molecule has 1 aliphatic carbocycles. The Labute approximate surface area is 111 Å². The number of hydrogen-bond acceptors (Lipinski definition) is 4. The van der Waals surface area contributed by atoms with E-state index in [1.807, 2.05) is 0 Å². The van der Waals surface area contributed by atoms with Crippen LogP contribution in [0, 0.1) is 5.92 Å². The summed E-state index contributed by atoms with van der Waals surface area (Å²) in [7, 11) is 1.79. The molecule has 1 atom stereocenters. The number of aliphatic hydroxyl groups excluding tert-OH is 1. The van der Waals surface area contributed by atoms with E-state index in [0.717, 1.165) is 32.2 Å². The minimum atomic E-state index is -0.130. The molecule has 0 amide bonds. The molecule has 0 aromatic rings. The summed E-state index contributed by atoms with van der Waals surface area (Å²) in [6.45, 7) is 6.49. The van der Waals surface area contributed by atoms with Crippen LogP contribution in [0.1, 0.15) is 32.6 Å². The summed E-state index contributed by atoms with van der Waals surface area (Å²) in [6.07, 6.45) is 4.98. The van der Waals surface area contributed by atoms with Gasteiger partial charge in [0.1, 0.15) is 0 Å². The minimum absolute atomic E-state index is 0.130. The molecular weight excluding hydrogens is 228 g/mol. The van der Waals surface area contributed by atoms with Crippen molar-refractivity contribution in [3.05, 3.63) is 0 Å². The van der Waals surface area contributed by atoms with Gasteiger partial charge in [-0.25, -0.2) is 0 Å². The van der Waals surface area contributed by atoms with Gasteiger partial charge in [-0.3, -0.25) is 0 Å². The zero-order valence-corrected chi connectivity index (χ0v) is 11.8. The van der Waals surface area contributed by atoms with Crippen molar-refractivity contribution in [1.82, 2.24) is 10.2 Å². The van der Waals surface area contributed by atoms with Crippen LogP contribution < -0.4 is 5.32 Å². The van der Waals surface area contributed by atoms with Gasteiger partial charge < -0.3 is 20.1 Å². The van der Waals surface area contributed by atoms with Crippen LogP contribution in [-0.4, -0.2) is 61.5 Å². The topological polar surface area (TPSA) is 44.7 Å². The average molecular weight is 256 g/mol. The molecule has 0 aromatic carbocycles. The lowest BCUT2D eigenvalue weighted by molar-refractivity contribution is 0.0696. The standard InChI is InChI=1S/C14H28N2O2/c1-14(11-17,15-13-3-4-13)10-16-7-5-12(6-8-16)9-18-2/h12-13,15,17H,3-11H2,1-2H3. The first-order valence-electron chi connectivity index (χ1n) is 7.25. The summed E-state index contributed by atoms with van der Waals surface area (Å²) in [6, 6.07) is 0.646. The minimum Gasteiger partial charge on any atom is -0.394 e. The van der Waals surface area contributed by atoms with Crippen molar-refractivity contribution in [3.8, 4) is 0 Å². The predicted molar refractivity (Wildman–Crippen MR) is 72.7 cm³/mol. The number of hydrogen-bond donors (Lipinski definition) is 2. The maximum absolute atomic E-state index is 9.62. The number of methoxy groups -OCH3 is 1. The van der Waals surface area contributed by atoms with Crippen LogP contribution in [0.2, 0.25) is 0 Å². The Morgan fingerprint density at radius 1 is 1.28 bits per heavy atom. The first-order valence-corrected chi connectivity index (χ1v) is 7.25. The highest BCUT2D eigenvalue weighted by molar-refractivity contribution is 4.94. The van der Waals surface area contributed by atoms with Crippen LogP contribution in [0.4, 0.5) is 0 Å². The van der Waals surface area contributed by atoms with Crippen molar-refractivity contribution >= 4 is 0 Å². The Morgan fingerprint density at radius 3 is 2.44 bits per heavy atom. The van der Waals surface area contributed by atoms with Crippen LogP contribution in [0.3, 0.4) is 0 Å². The molecule has 2 fully saturated rings. The molecule has 1 saturated heterocycles. The largest absolute Gasteiger partial charge is 0.394 e. The number of nitrogens with one attached hydrogen (secondary N) is 1. The quantitative estimate of drug-likeness (QED) is 0.709. The van der Waals surface area contributed by atoms with Crippen LogP contribution in [-0.2, 0) is 4.74 Å². The Bertz CT molecular complexity index is 250. The highest BCUT2D eigenvalue weighted by Gasteiger charge is 2.34. The first-order chi connectivity index (χ1) is 8.65. The molecule has 1 aliphatic heterocycles. The third-order valence-electron chi connectivity index (χ3n) is 4.16. The molecule has 0 bridgehead atoms. The molecule has 2 aliphatic rings. The number of likely N-dealkylation sites (tertiary alicyclic amines) is 1. The van der Waals surface area contributed by atoms with Crippen molar-refractivity contribution in [2.75, 3.05) is 40.0 Å². The Morgan fingerprint density at radius 2 is 1.94 bits per heavy atom. The Balaban J connectivity index is 1.74. The summed E-state index contributed by atoms with van der Waals surface area (Å²) in [5, 5.41) is 13.2. The molecular formula is C14H28N2O2. The molecule has 1 saturated carbocycles. The van der Waals surface area contributed by atoms with E-state index in [9.17, 15) is 5.11 Å². The van der Waals surface area contributed by atoms with Gasteiger partial charge in [0, 0.05) is 26.3 Å². The summed E-state index contributed by atoms with van der Waals surface area (Å²) < 4.78 is 5.23. The van der Waals surface area contributed by atoms with Gasteiger partial charge in [-0.1, -0.05) is 0 Å². The maximum atomic E-state index is 9.62. The van der Waals surface area contributed by atoms with Crippen molar-refractivity contribution in [2.24, 2.45) is 5.92 Å². The van der Waals surface area contributed by atoms with Crippen LogP contribution >= 0.6 is 0 Å². The van der Waals surface area contributed by atoms with Crippen LogP contribution in [0.25, 0.3) is 0 Å². The number of ether oxygens (including phenoxy) is 1. The summed E-state index contributed by atoms with van der Waals surface area (Å²) in [4.78, 5) is 2.48. The molecule has 0 spiro atoms. The van der Waals surface area contributed by atoms with Crippen molar-refractivity contribution in [3.63, 3.8) is 0 Å². The molecule has 18 heavy (non-hydrogen) atoms. The number of rotatable bonds is 7. The van der Waals surface area contributed by atoms with E-state index in [-0.39, 0.29) is 12.1 Å². The van der Waals surface area contributed by atoms with Crippen molar-refractivity contribution in [2.45, 2.75) is 44.2 Å². The van der Waals surface area contributed by atoms with Gasteiger partial charge in [0.2, 0.25) is 0 Å². The zero-order valence-electron chi connectivity index (χ0n) is 11.8. The van der Waals surface area contributed by atoms with Gasteiger partial charge in [-0.15, -0.1) is 0 Å². The molecule has 106 valence electrons. The molecule has 4 heteroatoms. The second kappa shape index (κ2) is 6.33. The third kappa shape index (κ3) is 4.19. The summed E-state index contributed by atoms with van der Waals surface area (Å²) in [5.74, 6) is 0.725. The molecule has 2 rings (SSSR count). The van der Waals surface area contributed by atoms with Crippen molar-refractivity contribution < 1.29 is 9.84 Å². The Hall–Kier alpha value is -0.160. The average Bonchev–Trinajstić information content (AvgIpc) is 3.16. The van der Waals surface area contributed by atoms with Gasteiger partial charge in [-0.05, 0) is 51.6 Å². The second-order valence-electron chi connectivity index (χ2n) is 6.31. The molecule has 1 heterocycles. The first kappa shape index (κ1) is 14.3. The lowest BCUT2D eigenvalue weighted by atomic mass is 9.95. The summed E-state index contributed by atoms with van der Waals surface area (Å²) in [5.41, 5.74) is -0.130.